The SMILES string of the molecule is O=C1CC(=O)O[C@@H]2[C@@H](O[C@@H]3O[C@H](CO1)[C@@H](OCc1ccccc1)[C@H](OCc1ccccc1)[C@@H]3OCc1ccccc1)[C@@H](COCc1ccccc1)O[C@H](OCc1ccccc1)[C@@H]2N1C(=O)c2ccccc2C1=O. The largest absolute Gasteiger partial charge is 0.462 e. The molecule has 0 spiro atoms. The minimum Gasteiger partial charge on any atom is -0.462 e. The van der Waals surface area contributed by atoms with Gasteiger partial charge >= 0.3 is 11.9 Å². The highest BCUT2D eigenvalue weighted by Gasteiger charge is 2.59. The van der Waals surface area contributed by atoms with Gasteiger partial charge in [-0.1, -0.05) is 164 Å². The Morgan fingerprint density at radius 1 is 0.452 bits per heavy atom. The molecule has 15 nitrogen and oxygen atoms in total. The van der Waals surface area contributed by atoms with Gasteiger partial charge in [-0.2, -0.15) is 0 Å². The van der Waals surface area contributed by atoms with E-state index in [0.717, 1.165) is 32.7 Å². The van der Waals surface area contributed by atoms with Crippen LogP contribution in [0.15, 0.2) is 176 Å². The molecule has 4 aliphatic rings. The summed E-state index contributed by atoms with van der Waals surface area (Å²) in [6.07, 6.45) is -11.9. The minimum atomic E-state index is -1.57. The van der Waals surface area contributed by atoms with Crippen molar-refractivity contribution in [1.29, 1.82) is 0 Å². The maximum Gasteiger partial charge on any atom is 0.317 e. The first kappa shape index (κ1) is 49.6. The molecule has 0 unspecified atom stereocenters. The van der Waals surface area contributed by atoms with Gasteiger partial charge in [-0.15, -0.1) is 0 Å². The number of hydrogen-bond acceptors (Lipinski definition) is 14. The Morgan fingerprint density at radius 2 is 0.904 bits per heavy atom. The van der Waals surface area contributed by atoms with Crippen LogP contribution < -0.4 is 0 Å². The van der Waals surface area contributed by atoms with Gasteiger partial charge < -0.3 is 47.4 Å². The summed E-state index contributed by atoms with van der Waals surface area (Å²) in [5.41, 5.74) is 4.45. The maximum atomic E-state index is 14.6. The normalized spacial score (nSPS) is 26.2. The van der Waals surface area contributed by atoms with Gasteiger partial charge in [0.2, 0.25) is 0 Å². The van der Waals surface area contributed by atoms with Crippen LogP contribution in [0.1, 0.15) is 55.0 Å². The van der Waals surface area contributed by atoms with Crippen molar-refractivity contribution in [2.45, 2.75) is 101 Å². The standard InChI is InChI=1S/C58H55NO14/c60-47-30-48(61)72-52-49(59-55(62)43-28-16-17-29-44(43)56(59)63)57(69-35-42-26-14-5-15-27-42)70-45(36-64-31-38-18-6-1-7-19-38)51(52)73-58-54(68-34-41-24-12-4-13-25-41)53(67-33-40-22-10-3-11-23-40)50(46(71-58)37-65-47)66-32-39-20-8-2-9-21-39/h1-29,45-46,49-54,57-58H,30-37H2/t45-,46-,49-,50-,51+,52+,53+,54+,57+,58+/m1/s1. The number of hydrogen-bond donors (Lipinski definition) is 0. The summed E-state index contributed by atoms with van der Waals surface area (Å²) in [5.74, 6) is -3.28. The highest BCUT2D eigenvalue weighted by atomic mass is 16.8. The zero-order chi connectivity index (χ0) is 49.9. The smallest absolute Gasteiger partial charge is 0.317 e. The second kappa shape index (κ2) is 23.7. The summed E-state index contributed by atoms with van der Waals surface area (Å²) in [5, 5.41) is 0. The van der Waals surface area contributed by atoms with Crippen LogP contribution in [0.4, 0.5) is 0 Å². The maximum absolute atomic E-state index is 14.6. The van der Waals surface area contributed by atoms with E-state index in [0.29, 0.717) is 0 Å². The van der Waals surface area contributed by atoms with E-state index in [-0.39, 0.29) is 57.4 Å². The molecule has 4 heterocycles. The van der Waals surface area contributed by atoms with Crippen molar-refractivity contribution in [3.05, 3.63) is 215 Å². The molecule has 0 saturated carbocycles. The summed E-state index contributed by atoms with van der Waals surface area (Å²) in [7, 11) is 0. The Balaban J connectivity index is 1.08. The van der Waals surface area contributed by atoms with Crippen LogP contribution in [0.3, 0.4) is 0 Å². The predicted molar refractivity (Wildman–Crippen MR) is 261 cm³/mol. The van der Waals surface area contributed by atoms with Crippen molar-refractivity contribution < 1.29 is 66.5 Å². The summed E-state index contributed by atoms with van der Waals surface area (Å²) >= 11 is 0. The summed E-state index contributed by atoms with van der Waals surface area (Å²) in [6, 6.07) is 52.4. The minimum absolute atomic E-state index is 0.0328. The van der Waals surface area contributed by atoms with Crippen molar-refractivity contribution >= 4 is 23.8 Å². The monoisotopic (exact) mass is 989 g/mol. The van der Waals surface area contributed by atoms with E-state index in [1.807, 2.05) is 152 Å². The van der Waals surface area contributed by atoms with Gasteiger partial charge in [-0.05, 0) is 39.9 Å². The fourth-order valence-electron chi connectivity index (χ4n) is 9.51. The number of cyclic esters (lactones) is 1. The fraction of sp³-hybridized carbons (Fsp3) is 0.310. The van der Waals surface area contributed by atoms with Crippen LogP contribution in [0.25, 0.3) is 0 Å². The molecular formula is C58H55NO14. The molecule has 6 aromatic rings. The van der Waals surface area contributed by atoms with Crippen molar-refractivity contribution in [1.82, 2.24) is 4.90 Å². The molecule has 0 N–H and O–H groups in total. The number of amides is 2. The van der Waals surface area contributed by atoms with E-state index in [1.54, 1.807) is 24.3 Å². The molecule has 73 heavy (non-hydrogen) atoms. The molecule has 6 aromatic carbocycles. The third-order valence-corrected chi connectivity index (χ3v) is 13.1. The lowest BCUT2D eigenvalue weighted by atomic mass is 9.93. The van der Waals surface area contributed by atoms with Gasteiger partial charge in [0.25, 0.3) is 11.8 Å². The van der Waals surface area contributed by atoms with Gasteiger partial charge in [0, 0.05) is 0 Å². The van der Waals surface area contributed by atoms with Crippen LogP contribution in [0.2, 0.25) is 0 Å². The van der Waals surface area contributed by atoms with E-state index in [1.165, 1.54) is 0 Å². The van der Waals surface area contributed by atoms with Crippen LogP contribution >= 0.6 is 0 Å². The average Bonchev–Trinajstić information content (AvgIpc) is 3.68. The average molecular weight is 990 g/mol. The Kier molecular flexibility index (Phi) is 16.2. The molecule has 3 saturated heterocycles. The van der Waals surface area contributed by atoms with Gasteiger partial charge in [0.15, 0.2) is 18.7 Å². The van der Waals surface area contributed by atoms with Gasteiger partial charge in [-0.3, -0.25) is 24.1 Å². The molecule has 0 radical (unpaired) electrons. The number of carbonyl (C=O) groups excluding carboxylic acids is 4. The Bertz CT molecular complexity index is 2730. The van der Waals surface area contributed by atoms with Crippen molar-refractivity contribution in [3.8, 4) is 0 Å². The van der Waals surface area contributed by atoms with Crippen LogP contribution in [0.5, 0.6) is 0 Å². The Morgan fingerprint density at radius 3 is 1.42 bits per heavy atom. The summed E-state index contributed by atoms with van der Waals surface area (Å²) < 4.78 is 66.7. The summed E-state index contributed by atoms with van der Waals surface area (Å²) in [6.45, 7) is -0.106. The first-order valence-electron chi connectivity index (χ1n) is 24.4. The number of rotatable bonds is 17. The number of nitrogens with zero attached hydrogens (tertiary/aromatic N) is 1. The molecule has 15 heteroatoms. The quantitative estimate of drug-likeness (QED) is 0.0500. The number of ether oxygens (including phenoxy) is 10. The molecular weight excluding hydrogens is 935 g/mol. The van der Waals surface area contributed by atoms with E-state index >= 15 is 0 Å². The molecule has 10 rings (SSSR count). The predicted octanol–water partition coefficient (Wildman–Crippen LogP) is 7.53. The van der Waals surface area contributed by atoms with Gasteiger partial charge in [0.05, 0.1) is 50.8 Å². The highest BCUT2D eigenvalue weighted by Crippen LogP contribution is 2.39. The molecule has 0 aliphatic carbocycles. The van der Waals surface area contributed by atoms with Crippen LogP contribution in [-0.4, -0.2) is 103 Å². The second-order valence-electron chi connectivity index (χ2n) is 18.1. The molecule has 4 aliphatic heterocycles. The van der Waals surface area contributed by atoms with E-state index in [2.05, 4.69) is 0 Å². The molecule has 376 valence electrons. The Labute approximate surface area is 422 Å². The zero-order valence-electron chi connectivity index (χ0n) is 39.8. The van der Waals surface area contributed by atoms with Crippen LogP contribution in [0, 0.1) is 0 Å². The molecule has 2 bridgehead atoms. The van der Waals surface area contributed by atoms with E-state index in [4.69, 9.17) is 47.4 Å². The molecule has 0 aromatic heterocycles. The highest BCUT2D eigenvalue weighted by molar-refractivity contribution is 6.21. The molecule has 2 amide bonds. The Hall–Kier alpha value is -6.92. The lowest BCUT2D eigenvalue weighted by Gasteiger charge is -2.51. The van der Waals surface area contributed by atoms with E-state index < -0.39 is 91.5 Å². The third kappa shape index (κ3) is 12.0. The number of fused-ring (bicyclic) bond motifs is 4. The molecule has 10 atom stereocenters. The first-order chi connectivity index (χ1) is 35.9. The zero-order valence-corrected chi connectivity index (χ0v) is 39.8. The number of carbonyl (C=O) groups is 4. The third-order valence-electron chi connectivity index (χ3n) is 13.1. The lowest BCUT2D eigenvalue weighted by Crippen LogP contribution is -2.69. The van der Waals surface area contributed by atoms with Crippen molar-refractivity contribution in [3.63, 3.8) is 0 Å². The van der Waals surface area contributed by atoms with Crippen molar-refractivity contribution in [2.75, 3.05) is 13.2 Å². The lowest BCUT2D eigenvalue weighted by molar-refractivity contribution is -0.365. The topological polar surface area (TPSA) is 164 Å². The van der Waals surface area contributed by atoms with Crippen molar-refractivity contribution in [2.24, 2.45) is 0 Å². The van der Waals surface area contributed by atoms with E-state index in [9.17, 15) is 19.2 Å². The fourth-order valence-corrected chi connectivity index (χ4v) is 9.51. The van der Waals surface area contributed by atoms with Gasteiger partial charge in [-0.25, -0.2) is 0 Å². The number of imide groups is 1. The number of esters is 2. The molecule has 3 fully saturated rings. The first-order valence-corrected chi connectivity index (χ1v) is 24.4. The summed E-state index contributed by atoms with van der Waals surface area (Å²) in [4.78, 5) is 58.3. The second-order valence-corrected chi connectivity index (χ2v) is 18.1. The van der Waals surface area contributed by atoms with Crippen LogP contribution in [-0.2, 0) is 90.0 Å². The van der Waals surface area contributed by atoms with Gasteiger partial charge in [0.1, 0.15) is 55.7 Å². The number of benzene rings is 6.